The minimum Gasteiger partial charge on any atom is -0.495 e. The SMILES string of the molecule is CCC(CC)(CN)NS(=O)(=O)c1cc(Cl)ccc1OC. The van der Waals surface area contributed by atoms with E-state index >= 15 is 0 Å². The molecule has 0 fully saturated rings. The third kappa shape index (κ3) is 3.63. The lowest BCUT2D eigenvalue weighted by Gasteiger charge is -2.31. The van der Waals surface area contributed by atoms with Crippen LogP contribution in [0.5, 0.6) is 5.75 Å². The number of hydrogen-bond donors (Lipinski definition) is 2. The molecule has 0 aliphatic heterocycles. The molecule has 1 aromatic rings. The van der Waals surface area contributed by atoms with Gasteiger partial charge in [-0.25, -0.2) is 13.1 Å². The van der Waals surface area contributed by atoms with Gasteiger partial charge in [0.15, 0.2) is 0 Å². The van der Waals surface area contributed by atoms with Crippen molar-refractivity contribution in [3.05, 3.63) is 23.2 Å². The Bertz CT molecular complexity index is 548. The maximum Gasteiger partial charge on any atom is 0.244 e. The summed E-state index contributed by atoms with van der Waals surface area (Å²) in [4.78, 5) is 0.0206. The van der Waals surface area contributed by atoms with E-state index in [-0.39, 0.29) is 17.2 Å². The fourth-order valence-electron chi connectivity index (χ4n) is 1.93. The molecule has 0 heterocycles. The Morgan fingerprint density at radius 3 is 2.40 bits per heavy atom. The molecule has 0 bridgehead atoms. The van der Waals surface area contributed by atoms with E-state index in [1.807, 2.05) is 13.8 Å². The lowest BCUT2D eigenvalue weighted by atomic mass is 9.95. The van der Waals surface area contributed by atoms with Crippen molar-refractivity contribution in [2.24, 2.45) is 5.73 Å². The highest BCUT2D eigenvalue weighted by Gasteiger charge is 2.32. The van der Waals surface area contributed by atoms with Gasteiger partial charge in [0.2, 0.25) is 10.0 Å². The van der Waals surface area contributed by atoms with Gasteiger partial charge in [-0.05, 0) is 31.0 Å². The van der Waals surface area contributed by atoms with Crippen molar-refractivity contribution in [3.63, 3.8) is 0 Å². The minimum atomic E-state index is -3.76. The van der Waals surface area contributed by atoms with Crippen LogP contribution in [-0.4, -0.2) is 27.6 Å². The Hall–Kier alpha value is -0.820. The van der Waals surface area contributed by atoms with Crippen molar-refractivity contribution < 1.29 is 13.2 Å². The van der Waals surface area contributed by atoms with Gasteiger partial charge >= 0.3 is 0 Å². The van der Waals surface area contributed by atoms with Crippen LogP contribution >= 0.6 is 11.6 Å². The van der Waals surface area contributed by atoms with E-state index in [2.05, 4.69) is 4.72 Å². The number of nitrogens with two attached hydrogens (primary N) is 1. The lowest BCUT2D eigenvalue weighted by Crippen LogP contribution is -2.52. The summed E-state index contributed by atoms with van der Waals surface area (Å²) >= 11 is 5.88. The molecule has 0 radical (unpaired) electrons. The molecular weight excluding hydrogens is 300 g/mol. The monoisotopic (exact) mass is 320 g/mol. The summed E-state index contributed by atoms with van der Waals surface area (Å²) in [5.41, 5.74) is 5.07. The first-order valence-electron chi connectivity index (χ1n) is 6.41. The Labute approximate surface area is 125 Å². The van der Waals surface area contributed by atoms with Crippen LogP contribution in [-0.2, 0) is 10.0 Å². The van der Waals surface area contributed by atoms with Gasteiger partial charge in [0.25, 0.3) is 0 Å². The second kappa shape index (κ2) is 6.76. The summed E-state index contributed by atoms with van der Waals surface area (Å²) in [6, 6.07) is 4.48. The van der Waals surface area contributed by atoms with Crippen LogP contribution in [0.3, 0.4) is 0 Å². The zero-order valence-corrected chi connectivity index (χ0v) is 13.5. The quantitative estimate of drug-likeness (QED) is 0.806. The van der Waals surface area contributed by atoms with Gasteiger partial charge in [-0.1, -0.05) is 25.4 Å². The average molecular weight is 321 g/mol. The molecule has 0 unspecified atom stereocenters. The molecule has 1 rings (SSSR count). The Morgan fingerprint density at radius 1 is 1.35 bits per heavy atom. The first-order valence-corrected chi connectivity index (χ1v) is 8.28. The van der Waals surface area contributed by atoms with E-state index in [0.29, 0.717) is 17.9 Å². The van der Waals surface area contributed by atoms with Crippen molar-refractivity contribution >= 4 is 21.6 Å². The number of nitrogens with one attached hydrogen (secondary N) is 1. The molecule has 0 aromatic heterocycles. The van der Waals surface area contributed by atoms with Gasteiger partial charge in [-0.2, -0.15) is 0 Å². The predicted molar refractivity (Wildman–Crippen MR) is 80.7 cm³/mol. The van der Waals surface area contributed by atoms with E-state index in [9.17, 15) is 8.42 Å². The van der Waals surface area contributed by atoms with E-state index in [1.165, 1.54) is 19.2 Å². The largest absolute Gasteiger partial charge is 0.495 e. The number of ether oxygens (including phenoxy) is 1. The van der Waals surface area contributed by atoms with Gasteiger partial charge in [0.1, 0.15) is 10.6 Å². The predicted octanol–water partition coefficient (Wildman–Crippen LogP) is 2.14. The summed E-state index contributed by atoms with van der Waals surface area (Å²) < 4.78 is 32.9. The molecule has 7 heteroatoms. The van der Waals surface area contributed by atoms with Crippen LogP contribution in [0.1, 0.15) is 26.7 Å². The molecule has 0 aliphatic rings. The number of sulfonamides is 1. The molecule has 0 amide bonds. The third-order valence-corrected chi connectivity index (χ3v) is 5.35. The Morgan fingerprint density at radius 2 is 1.95 bits per heavy atom. The second-order valence-electron chi connectivity index (χ2n) is 4.59. The van der Waals surface area contributed by atoms with Crippen LogP contribution in [0, 0.1) is 0 Å². The van der Waals surface area contributed by atoms with Crippen LogP contribution in [0.15, 0.2) is 23.1 Å². The zero-order chi connectivity index (χ0) is 15.4. The van der Waals surface area contributed by atoms with Crippen molar-refractivity contribution in [2.45, 2.75) is 37.1 Å². The molecule has 0 aliphatic carbocycles. The van der Waals surface area contributed by atoms with Crippen LogP contribution in [0.4, 0.5) is 0 Å². The highest BCUT2D eigenvalue weighted by Crippen LogP contribution is 2.28. The van der Waals surface area contributed by atoms with Crippen LogP contribution in [0.2, 0.25) is 5.02 Å². The summed E-state index contributed by atoms with van der Waals surface area (Å²) in [6.45, 7) is 4.02. The first-order chi connectivity index (χ1) is 9.34. The smallest absolute Gasteiger partial charge is 0.244 e. The van der Waals surface area contributed by atoms with E-state index in [1.54, 1.807) is 6.07 Å². The maximum absolute atomic E-state index is 12.6. The molecule has 20 heavy (non-hydrogen) atoms. The summed E-state index contributed by atoms with van der Waals surface area (Å²) in [6.07, 6.45) is 1.20. The van der Waals surface area contributed by atoms with Crippen LogP contribution in [0.25, 0.3) is 0 Å². The number of methoxy groups -OCH3 is 1. The highest BCUT2D eigenvalue weighted by atomic mass is 35.5. The maximum atomic E-state index is 12.6. The van der Waals surface area contributed by atoms with Crippen LogP contribution < -0.4 is 15.2 Å². The fourth-order valence-corrected chi connectivity index (χ4v) is 3.91. The summed E-state index contributed by atoms with van der Waals surface area (Å²) in [5, 5.41) is 0.331. The number of benzene rings is 1. The van der Waals surface area contributed by atoms with Gasteiger partial charge in [-0.3, -0.25) is 0 Å². The lowest BCUT2D eigenvalue weighted by molar-refractivity contribution is 0.360. The molecule has 0 atom stereocenters. The molecule has 0 spiro atoms. The fraction of sp³-hybridized carbons (Fsp3) is 0.538. The Balaban J connectivity index is 3.27. The number of rotatable bonds is 7. The van der Waals surface area contributed by atoms with E-state index in [4.69, 9.17) is 22.1 Å². The summed E-state index contributed by atoms with van der Waals surface area (Å²) in [7, 11) is -2.34. The molecular formula is C13H21ClN2O3S. The van der Waals surface area contributed by atoms with Gasteiger partial charge in [0.05, 0.1) is 7.11 Å². The van der Waals surface area contributed by atoms with Gasteiger partial charge in [-0.15, -0.1) is 0 Å². The van der Waals surface area contributed by atoms with Crippen molar-refractivity contribution in [1.82, 2.24) is 4.72 Å². The topological polar surface area (TPSA) is 81.4 Å². The number of hydrogen-bond acceptors (Lipinski definition) is 4. The van der Waals surface area contributed by atoms with Gasteiger partial charge in [0, 0.05) is 17.1 Å². The average Bonchev–Trinajstić information content (AvgIpc) is 2.45. The van der Waals surface area contributed by atoms with E-state index < -0.39 is 15.6 Å². The van der Waals surface area contributed by atoms with Crippen molar-refractivity contribution in [2.75, 3.05) is 13.7 Å². The number of halogens is 1. The molecule has 0 saturated heterocycles. The summed E-state index contributed by atoms with van der Waals surface area (Å²) in [5.74, 6) is 0.250. The molecule has 0 saturated carbocycles. The first kappa shape index (κ1) is 17.2. The van der Waals surface area contributed by atoms with Gasteiger partial charge < -0.3 is 10.5 Å². The molecule has 3 N–H and O–H groups in total. The molecule has 1 aromatic carbocycles. The van der Waals surface area contributed by atoms with Crippen molar-refractivity contribution in [1.29, 1.82) is 0 Å². The van der Waals surface area contributed by atoms with Crippen molar-refractivity contribution in [3.8, 4) is 5.75 Å². The second-order valence-corrected chi connectivity index (χ2v) is 6.68. The Kier molecular flexibility index (Phi) is 5.82. The molecule has 114 valence electrons. The standard InChI is InChI=1S/C13H21ClN2O3S/c1-4-13(5-2,9-15)16-20(17,18)12-8-10(14)6-7-11(12)19-3/h6-8,16H,4-5,9,15H2,1-3H3. The zero-order valence-electron chi connectivity index (χ0n) is 11.9. The normalized spacial score (nSPS) is 12.4. The van der Waals surface area contributed by atoms with E-state index in [0.717, 1.165) is 0 Å². The third-order valence-electron chi connectivity index (χ3n) is 3.51. The highest BCUT2D eigenvalue weighted by molar-refractivity contribution is 7.89. The minimum absolute atomic E-state index is 0.0206. The molecule has 5 nitrogen and oxygen atoms in total.